The van der Waals surface area contributed by atoms with Gasteiger partial charge in [0.15, 0.2) is 5.96 Å². The van der Waals surface area contributed by atoms with E-state index in [-0.39, 0.29) is 40.8 Å². The van der Waals surface area contributed by atoms with Gasteiger partial charge < -0.3 is 19.9 Å². The zero-order valence-corrected chi connectivity index (χ0v) is 21.6. The van der Waals surface area contributed by atoms with E-state index in [0.717, 1.165) is 38.7 Å². The molecule has 0 spiro atoms. The Morgan fingerprint density at radius 2 is 1.97 bits per heavy atom. The van der Waals surface area contributed by atoms with Crippen molar-refractivity contribution in [3.63, 3.8) is 0 Å². The molecule has 3 N–H and O–H groups in total. The second-order valence-corrected chi connectivity index (χ2v) is 9.45. The summed E-state index contributed by atoms with van der Waals surface area (Å²) in [6.45, 7) is 7.87. The van der Waals surface area contributed by atoms with Crippen LogP contribution >= 0.6 is 24.0 Å². The third-order valence-electron chi connectivity index (χ3n) is 5.39. The summed E-state index contributed by atoms with van der Waals surface area (Å²) in [4.78, 5) is 5.08. The van der Waals surface area contributed by atoms with Gasteiger partial charge in [0, 0.05) is 58.8 Å². The molecule has 0 atom stereocenters. The molecule has 1 heterocycles. The highest BCUT2D eigenvalue weighted by Gasteiger charge is 2.33. The highest BCUT2D eigenvalue weighted by Crippen LogP contribution is 2.41. The zero-order valence-electron chi connectivity index (χ0n) is 18.4. The summed E-state index contributed by atoms with van der Waals surface area (Å²) < 4.78 is 34.5. The highest BCUT2D eigenvalue weighted by molar-refractivity contribution is 14.0. The fourth-order valence-electron chi connectivity index (χ4n) is 3.72. The SMILES string of the molecule is CCNC(=NCC1(CCOCC)CCCC1)NCCNS(=O)(=O)c1ccn(C)c1.I. The Kier molecular flexibility index (Phi) is 12.3. The van der Waals surface area contributed by atoms with E-state index in [2.05, 4.69) is 15.4 Å². The van der Waals surface area contributed by atoms with E-state index >= 15 is 0 Å². The maximum atomic E-state index is 12.3. The summed E-state index contributed by atoms with van der Waals surface area (Å²) in [5, 5.41) is 6.48. The number of aromatic nitrogens is 1. The summed E-state index contributed by atoms with van der Waals surface area (Å²) >= 11 is 0. The molecule has 1 aliphatic carbocycles. The molecule has 2 rings (SSSR count). The van der Waals surface area contributed by atoms with Crippen molar-refractivity contribution >= 4 is 40.0 Å². The van der Waals surface area contributed by atoms with E-state index in [9.17, 15) is 8.42 Å². The van der Waals surface area contributed by atoms with Crippen molar-refractivity contribution in [1.29, 1.82) is 0 Å². The first-order chi connectivity index (χ1) is 13.9. The molecule has 0 amide bonds. The number of halogens is 1. The molecule has 10 heteroatoms. The predicted molar refractivity (Wildman–Crippen MR) is 132 cm³/mol. The molecule has 1 aromatic heterocycles. The third-order valence-corrected chi connectivity index (χ3v) is 6.83. The molecule has 0 radical (unpaired) electrons. The van der Waals surface area contributed by atoms with Gasteiger partial charge in [-0.2, -0.15) is 0 Å². The molecular weight excluding hydrogens is 517 g/mol. The zero-order chi connectivity index (χ0) is 21.2. The van der Waals surface area contributed by atoms with E-state index in [0.29, 0.717) is 6.54 Å². The molecule has 1 aliphatic rings. The van der Waals surface area contributed by atoms with Crippen molar-refractivity contribution in [2.75, 3.05) is 39.4 Å². The summed E-state index contributed by atoms with van der Waals surface area (Å²) in [7, 11) is -1.69. The van der Waals surface area contributed by atoms with Crippen LogP contribution in [-0.2, 0) is 21.8 Å². The second kappa shape index (κ2) is 13.5. The minimum absolute atomic E-state index is 0. The van der Waals surface area contributed by atoms with Crippen molar-refractivity contribution in [1.82, 2.24) is 19.9 Å². The lowest BCUT2D eigenvalue weighted by Gasteiger charge is -2.27. The van der Waals surface area contributed by atoms with Crippen LogP contribution in [0.2, 0.25) is 0 Å². The first-order valence-corrected chi connectivity index (χ1v) is 12.1. The van der Waals surface area contributed by atoms with E-state index in [4.69, 9.17) is 9.73 Å². The van der Waals surface area contributed by atoms with Crippen molar-refractivity contribution < 1.29 is 13.2 Å². The van der Waals surface area contributed by atoms with Gasteiger partial charge in [-0.1, -0.05) is 12.8 Å². The van der Waals surface area contributed by atoms with Crippen molar-refractivity contribution in [2.45, 2.75) is 50.8 Å². The number of rotatable bonds is 12. The van der Waals surface area contributed by atoms with Crippen LogP contribution in [0.5, 0.6) is 0 Å². The van der Waals surface area contributed by atoms with Crippen LogP contribution in [0.25, 0.3) is 0 Å². The normalized spacial score (nSPS) is 16.3. The van der Waals surface area contributed by atoms with Crippen molar-refractivity contribution in [3.05, 3.63) is 18.5 Å². The molecule has 0 aromatic carbocycles. The number of hydrogen-bond acceptors (Lipinski definition) is 4. The maximum Gasteiger partial charge on any atom is 0.242 e. The van der Waals surface area contributed by atoms with E-state index in [1.807, 2.05) is 13.8 Å². The molecule has 1 saturated carbocycles. The quantitative estimate of drug-likeness (QED) is 0.159. The number of nitrogens with one attached hydrogen (secondary N) is 3. The minimum Gasteiger partial charge on any atom is -0.382 e. The standard InChI is InChI=1S/C20H37N5O3S.HI/c1-4-21-19(23-17-20(9-6-7-10-20)11-15-28-5-2)22-12-13-24-29(26,27)18-8-14-25(3)16-18;/h8,14,16,24H,4-7,9-13,15,17H2,1-3H3,(H2,21,22,23);1H. The molecule has 0 aliphatic heterocycles. The van der Waals surface area contributed by atoms with Gasteiger partial charge in [-0.25, -0.2) is 13.1 Å². The Bertz CT molecular complexity index is 745. The molecule has 0 unspecified atom stereocenters. The van der Waals surface area contributed by atoms with Crippen LogP contribution in [-0.4, -0.2) is 58.3 Å². The Labute approximate surface area is 198 Å². The number of aliphatic imine (C=N–C) groups is 1. The smallest absolute Gasteiger partial charge is 0.242 e. The Balaban J connectivity index is 0.00000450. The highest BCUT2D eigenvalue weighted by atomic mass is 127. The second-order valence-electron chi connectivity index (χ2n) is 7.69. The number of nitrogens with zero attached hydrogens (tertiary/aromatic N) is 2. The topological polar surface area (TPSA) is 96.8 Å². The Morgan fingerprint density at radius 3 is 2.57 bits per heavy atom. The van der Waals surface area contributed by atoms with Crippen molar-refractivity contribution in [2.24, 2.45) is 17.5 Å². The first kappa shape index (κ1) is 27.2. The molecule has 1 aromatic rings. The van der Waals surface area contributed by atoms with Gasteiger partial charge >= 0.3 is 0 Å². The average molecular weight is 556 g/mol. The average Bonchev–Trinajstić information content (AvgIpc) is 3.33. The van der Waals surface area contributed by atoms with Gasteiger partial charge in [-0.3, -0.25) is 4.99 Å². The molecule has 8 nitrogen and oxygen atoms in total. The summed E-state index contributed by atoms with van der Waals surface area (Å²) in [6.07, 6.45) is 9.25. The number of hydrogen-bond donors (Lipinski definition) is 3. The molecule has 1 fully saturated rings. The lowest BCUT2D eigenvalue weighted by molar-refractivity contribution is 0.107. The monoisotopic (exact) mass is 555 g/mol. The van der Waals surface area contributed by atoms with E-state index in [1.54, 1.807) is 30.1 Å². The van der Waals surface area contributed by atoms with Crippen molar-refractivity contribution in [3.8, 4) is 0 Å². The fraction of sp³-hybridized carbons (Fsp3) is 0.750. The van der Waals surface area contributed by atoms with Gasteiger partial charge in [0.05, 0.1) is 4.90 Å². The van der Waals surface area contributed by atoms with Gasteiger partial charge in [0.25, 0.3) is 0 Å². The largest absolute Gasteiger partial charge is 0.382 e. The predicted octanol–water partition coefficient (Wildman–Crippen LogP) is 2.46. The molecule has 30 heavy (non-hydrogen) atoms. The van der Waals surface area contributed by atoms with Crippen LogP contribution in [0.4, 0.5) is 0 Å². The lowest BCUT2D eigenvalue weighted by atomic mass is 9.83. The van der Waals surface area contributed by atoms with Crippen LogP contribution in [0.1, 0.15) is 46.0 Å². The van der Waals surface area contributed by atoms with Gasteiger partial charge in [-0.05, 0) is 44.6 Å². The van der Waals surface area contributed by atoms with E-state index < -0.39 is 10.0 Å². The Hall–Kier alpha value is -0.850. The molecule has 174 valence electrons. The first-order valence-electron chi connectivity index (χ1n) is 10.6. The summed E-state index contributed by atoms with van der Waals surface area (Å²) in [5.41, 5.74) is 0.229. The molecule has 0 saturated heterocycles. The molecular formula is C20H38IN5O3S. The fourth-order valence-corrected chi connectivity index (χ4v) is 4.80. The van der Waals surface area contributed by atoms with E-state index in [1.165, 1.54) is 25.7 Å². The Morgan fingerprint density at radius 1 is 1.23 bits per heavy atom. The van der Waals surface area contributed by atoms with Gasteiger partial charge in [0.1, 0.15) is 0 Å². The van der Waals surface area contributed by atoms with Gasteiger partial charge in [-0.15, -0.1) is 24.0 Å². The maximum absolute atomic E-state index is 12.3. The number of aryl methyl sites for hydroxylation is 1. The van der Waals surface area contributed by atoms with Crippen LogP contribution in [0, 0.1) is 5.41 Å². The number of ether oxygens (including phenoxy) is 1. The summed E-state index contributed by atoms with van der Waals surface area (Å²) in [5.74, 6) is 0.731. The summed E-state index contributed by atoms with van der Waals surface area (Å²) in [6, 6.07) is 1.59. The minimum atomic E-state index is -3.48. The van der Waals surface area contributed by atoms with Crippen LogP contribution in [0.15, 0.2) is 28.3 Å². The third kappa shape index (κ3) is 8.72. The number of sulfonamides is 1. The number of guanidine groups is 1. The van der Waals surface area contributed by atoms with Crippen LogP contribution in [0.3, 0.4) is 0 Å². The molecule has 0 bridgehead atoms. The van der Waals surface area contributed by atoms with Gasteiger partial charge in [0.2, 0.25) is 10.0 Å². The van der Waals surface area contributed by atoms with Crippen LogP contribution < -0.4 is 15.4 Å². The lowest BCUT2D eigenvalue weighted by Crippen LogP contribution is -2.42.